The maximum Gasteiger partial charge on any atom is 0.240 e. The Balaban J connectivity index is 2.78. The Hall–Kier alpha value is -0.570. The molecule has 3 nitrogen and oxygen atoms in total. The van der Waals surface area contributed by atoms with Gasteiger partial charge in [-0.05, 0) is 32.1 Å². The highest BCUT2D eigenvalue weighted by Crippen LogP contribution is 2.23. The van der Waals surface area contributed by atoms with Crippen LogP contribution in [-0.2, 0) is 4.79 Å². The van der Waals surface area contributed by atoms with Gasteiger partial charge in [-0.2, -0.15) is 0 Å². The van der Waals surface area contributed by atoms with E-state index < -0.39 is 0 Å². The van der Waals surface area contributed by atoms with E-state index in [-0.39, 0.29) is 18.1 Å². The molecule has 0 spiro atoms. The molecule has 0 aromatic carbocycles. The fourth-order valence-electron chi connectivity index (χ4n) is 2.75. The van der Waals surface area contributed by atoms with Crippen molar-refractivity contribution < 1.29 is 4.79 Å². The van der Waals surface area contributed by atoms with Crippen molar-refractivity contribution in [2.24, 2.45) is 5.92 Å². The van der Waals surface area contributed by atoms with Crippen molar-refractivity contribution in [2.75, 3.05) is 0 Å². The number of hydrogen-bond acceptors (Lipinski definition) is 2. The van der Waals surface area contributed by atoms with Gasteiger partial charge in [-0.15, -0.1) is 0 Å². The third kappa shape index (κ3) is 3.44. The molecule has 0 aromatic rings. The Morgan fingerprint density at radius 3 is 2.47 bits per heavy atom. The molecule has 1 saturated heterocycles. The molecule has 3 atom stereocenters. The van der Waals surface area contributed by atoms with Gasteiger partial charge in [-0.25, -0.2) is 0 Å². The monoisotopic (exact) mass is 240 g/mol. The third-order valence-electron chi connectivity index (χ3n) is 3.58. The maximum absolute atomic E-state index is 12.2. The van der Waals surface area contributed by atoms with E-state index >= 15 is 0 Å². The molecule has 1 aliphatic rings. The van der Waals surface area contributed by atoms with E-state index in [1.807, 2.05) is 6.92 Å². The van der Waals surface area contributed by atoms with Crippen molar-refractivity contribution in [1.29, 1.82) is 0 Å². The molecule has 1 heterocycles. The molecule has 0 aromatic heterocycles. The van der Waals surface area contributed by atoms with Crippen LogP contribution >= 0.6 is 0 Å². The SMILES string of the molecule is CCCC(CC)N1C(=O)C(C)NC1CC(C)C. The van der Waals surface area contributed by atoms with Gasteiger partial charge in [0, 0.05) is 6.04 Å². The second-order valence-corrected chi connectivity index (χ2v) is 5.63. The summed E-state index contributed by atoms with van der Waals surface area (Å²) in [6, 6.07) is 0.401. The highest BCUT2D eigenvalue weighted by molar-refractivity contribution is 5.84. The minimum absolute atomic E-state index is 0.00958. The van der Waals surface area contributed by atoms with E-state index in [1.54, 1.807) is 0 Å². The minimum Gasteiger partial charge on any atom is -0.323 e. The van der Waals surface area contributed by atoms with Crippen LogP contribution in [0, 0.1) is 5.92 Å². The van der Waals surface area contributed by atoms with Crippen molar-refractivity contribution >= 4 is 5.91 Å². The van der Waals surface area contributed by atoms with Crippen LogP contribution in [0.5, 0.6) is 0 Å². The first kappa shape index (κ1) is 14.5. The fourth-order valence-corrected chi connectivity index (χ4v) is 2.75. The van der Waals surface area contributed by atoms with Gasteiger partial charge in [-0.3, -0.25) is 10.1 Å². The quantitative estimate of drug-likeness (QED) is 0.774. The van der Waals surface area contributed by atoms with E-state index in [0.29, 0.717) is 12.0 Å². The standard InChI is InChI=1S/C14H28N2O/c1-6-8-12(7-2)16-13(9-10(3)4)15-11(5)14(16)17/h10-13,15H,6-9H2,1-5H3. The fraction of sp³-hybridized carbons (Fsp3) is 0.929. The molecule has 0 radical (unpaired) electrons. The number of amides is 1. The second-order valence-electron chi connectivity index (χ2n) is 5.63. The maximum atomic E-state index is 12.2. The Morgan fingerprint density at radius 1 is 1.35 bits per heavy atom. The summed E-state index contributed by atoms with van der Waals surface area (Å²) < 4.78 is 0. The van der Waals surface area contributed by atoms with Crippen molar-refractivity contribution in [1.82, 2.24) is 10.2 Å². The van der Waals surface area contributed by atoms with E-state index in [1.165, 1.54) is 0 Å². The molecule has 1 fully saturated rings. The molecule has 0 bridgehead atoms. The van der Waals surface area contributed by atoms with Gasteiger partial charge in [0.25, 0.3) is 0 Å². The van der Waals surface area contributed by atoms with Crippen molar-refractivity contribution in [3.63, 3.8) is 0 Å². The lowest BCUT2D eigenvalue weighted by Gasteiger charge is -2.33. The first-order valence-electron chi connectivity index (χ1n) is 7.09. The van der Waals surface area contributed by atoms with Crippen LogP contribution in [0.4, 0.5) is 0 Å². The van der Waals surface area contributed by atoms with Gasteiger partial charge >= 0.3 is 0 Å². The number of nitrogens with zero attached hydrogens (tertiary/aromatic N) is 1. The highest BCUT2D eigenvalue weighted by atomic mass is 16.2. The molecular weight excluding hydrogens is 212 g/mol. The zero-order valence-corrected chi connectivity index (χ0v) is 12.0. The number of rotatable bonds is 6. The summed E-state index contributed by atoms with van der Waals surface area (Å²) in [5.74, 6) is 0.906. The molecule has 0 aliphatic carbocycles. The molecule has 1 aliphatic heterocycles. The Kier molecular flexibility index (Phi) is 5.44. The zero-order valence-electron chi connectivity index (χ0n) is 12.0. The van der Waals surface area contributed by atoms with Gasteiger partial charge in [0.2, 0.25) is 5.91 Å². The van der Waals surface area contributed by atoms with Gasteiger partial charge in [0.15, 0.2) is 0 Å². The minimum atomic E-state index is -0.00958. The third-order valence-corrected chi connectivity index (χ3v) is 3.58. The number of hydrogen-bond donors (Lipinski definition) is 1. The largest absolute Gasteiger partial charge is 0.323 e. The van der Waals surface area contributed by atoms with Gasteiger partial charge in [0.05, 0.1) is 12.2 Å². The van der Waals surface area contributed by atoms with Gasteiger partial charge < -0.3 is 4.90 Å². The summed E-state index contributed by atoms with van der Waals surface area (Å²) in [5, 5.41) is 3.43. The normalized spacial score (nSPS) is 26.9. The zero-order chi connectivity index (χ0) is 13.0. The molecule has 1 N–H and O–H groups in total. The Labute approximate surface area is 106 Å². The predicted molar refractivity (Wildman–Crippen MR) is 71.7 cm³/mol. The number of carbonyl (C=O) groups is 1. The van der Waals surface area contributed by atoms with Crippen LogP contribution in [0.1, 0.15) is 60.3 Å². The van der Waals surface area contributed by atoms with Crippen LogP contribution < -0.4 is 5.32 Å². The highest BCUT2D eigenvalue weighted by Gasteiger charge is 2.39. The van der Waals surface area contributed by atoms with Crippen molar-refractivity contribution in [2.45, 2.75) is 78.6 Å². The van der Waals surface area contributed by atoms with Crippen molar-refractivity contribution in [3.05, 3.63) is 0 Å². The first-order valence-corrected chi connectivity index (χ1v) is 7.09. The number of carbonyl (C=O) groups excluding carboxylic acids is 1. The Morgan fingerprint density at radius 2 is 2.00 bits per heavy atom. The van der Waals surface area contributed by atoms with E-state index in [0.717, 1.165) is 25.7 Å². The summed E-state index contributed by atoms with van der Waals surface area (Å²) in [7, 11) is 0. The average molecular weight is 240 g/mol. The summed E-state index contributed by atoms with van der Waals surface area (Å²) in [6.07, 6.45) is 4.61. The lowest BCUT2D eigenvalue weighted by atomic mass is 10.0. The molecule has 3 unspecified atom stereocenters. The Bertz CT molecular complexity index is 253. The molecule has 17 heavy (non-hydrogen) atoms. The second kappa shape index (κ2) is 6.39. The van der Waals surface area contributed by atoms with Crippen LogP contribution in [0.15, 0.2) is 0 Å². The lowest BCUT2D eigenvalue weighted by molar-refractivity contribution is -0.132. The summed E-state index contributed by atoms with van der Waals surface area (Å²) in [4.78, 5) is 14.4. The molecule has 0 saturated carbocycles. The lowest BCUT2D eigenvalue weighted by Crippen LogP contribution is -2.45. The van der Waals surface area contributed by atoms with Gasteiger partial charge in [-0.1, -0.05) is 34.1 Å². The topological polar surface area (TPSA) is 32.3 Å². The van der Waals surface area contributed by atoms with E-state index in [4.69, 9.17) is 0 Å². The summed E-state index contributed by atoms with van der Waals surface area (Å²) in [6.45, 7) is 10.8. The molecule has 1 amide bonds. The molecule has 1 rings (SSSR count). The molecule has 3 heteroatoms. The predicted octanol–water partition coefficient (Wildman–Crippen LogP) is 2.76. The summed E-state index contributed by atoms with van der Waals surface area (Å²) in [5.41, 5.74) is 0. The van der Waals surface area contributed by atoms with Crippen LogP contribution in [0.2, 0.25) is 0 Å². The first-order chi connectivity index (χ1) is 8.01. The van der Waals surface area contributed by atoms with E-state index in [2.05, 4.69) is 37.9 Å². The van der Waals surface area contributed by atoms with Crippen LogP contribution in [-0.4, -0.2) is 29.1 Å². The number of nitrogens with one attached hydrogen (secondary N) is 1. The summed E-state index contributed by atoms with van der Waals surface area (Å²) >= 11 is 0. The average Bonchev–Trinajstić information content (AvgIpc) is 2.51. The molecule has 100 valence electrons. The van der Waals surface area contributed by atoms with Gasteiger partial charge in [0.1, 0.15) is 0 Å². The van der Waals surface area contributed by atoms with Crippen LogP contribution in [0.25, 0.3) is 0 Å². The van der Waals surface area contributed by atoms with Crippen LogP contribution in [0.3, 0.4) is 0 Å². The molecular formula is C14H28N2O. The smallest absolute Gasteiger partial charge is 0.240 e. The van der Waals surface area contributed by atoms with Crippen molar-refractivity contribution in [3.8, 4) is 0 Å². The van der Waals surface area contributed by atoms with E-state index in [9.17, 15) is 4.79 Å².